The minimum atomic E-state index is -0.296. The van der Waals surface area contributed by atoms with Gasteiger partial charge in [0, 0.05) is 12.1 Å². The van der Waals surface area contributed by atoms with Gasteiger partial charge in [0.2, 0.25) is 0 Å². The second kappa shape index (κ2) is 6.09. The Bertz CT molecular complexity index is 214. The van der Waals surface area contributed by atoms with Crippen molar-refractivity contribution in [3.8, 4) is 6.07 Å². The Hall–Kier alpha value is -0.590. The van der Waals surface area contributed by atoms with Crippen molar-refractivity contribution in [3.63, 3.8) is 0 Å². The summed E-state index contributed by atoms with van der Waals surface area (Å²) in [6.07, 6.45) is 2.60. The molecule has 0 aliphatic rings. The maximum atomic E-state index is 8.82. The Morgan fingerprint density at radius 1 is 1.27 bits per heavy atom. The number of nitrogens with two attached hydrogens (primary N) is 1. The van der Waals surface area contributed by atoms with E-state index in [2.05, 4.69) is 19.9 Å². The van der Waals surface area contributed by atoms with E-state index in [0.717, 1.165) is 19.3 Å². The van der Waals surface area contributed by atoms with E-state index in [1.807, 2.05) is 13.8 Å². The van der Waals surface area contributed by atoms with Gasteiger partial charge in [0.1, 0.15) is 0 Å². The van der Waals surface area contributed by atoms with E-state index in [1.54, 1.807) is 0 Å². The van der Waals surface area contributed by atoms with Gasteiger partial charge in [0.15, 0.2) is 0 Å². The Morgan fingerprint density at radius 3 is 2.20 bits per heavy atom. The highest BCUT2D eigenvalue weighted by Crippen LogP contribution is 2.19. The van der Waals surface area contributed by atoms with Crippen LogP contribution in [0.15, 0.2) is 0 Å². The van der Waals surface area contributed by atoms with Gasteiger partial charge in [-0.05, 0) is 33.1 Å². The average molecular weight is 212 g/mol. The monoisotopic (exact) mass is 212 g/mol. The van der Waals surface area contributed by atoms with Crippen molar-refractivity contribution in [1.29, 1.82) is 5.26 Å². The maximum Gasteiger partial charge on any atom is 0.0684 e. The summed E-state index contributed by atoms with van der Waals surface area (Å²) in [5, 5.41) is 8.82. The lowest BCUT2D eigenvalue weighted by Gasteiger charge is -2.26. The van der Waals surface area contributed by atoms with E-state index < -0.39 is 0 Å². The summed E-state index contributed by atoms with van der Waals surface area (Å²) >= 11 is 0. The molecule has 0 unspecified atom stereocenters. The molecule has 0 aromatic heterocycles. The fraction of sp³-hybridized carbons (Fsp3) is 0.917. The second-order valence-corrected chi connectivity index (χ2v) is 4.87. The van der Waals surface area contributed by atoms with Gasteiger partial charge in [0.05, 0.1) is 18.1 Å². The first-order valence-corrected chi connectivity index (χ1v) is 5.67. The molecule has 0 saturated carbocycles. The Morgan fingerprint density at radius 2 is 1.80 bits per heavy atom. The highest BCUT2D eigenvalue weighted by molar-refractivity contribution is 4.91. The third-order valence-corrected chi connectivity index (χ3v) is 2.97. The largest absolute Gasteiger partial charge is 0.379 e. The summed E-state index contributed by atoms with van der Waals surface area (Å²) < 4.78 is 5.54. The van der Waals surface area contributed by atoms with E-state index in [1.165, 1.54) is 0 Å². The molecule has 0 radical (unpaired) electrons. The average Bonchev–Trinajstić information content (AvgIpc) is 2.24. The predicted molar refractivity (Wildman–Crippen MR) is 62.3 cm³/mol. The van der Waals surface area contributed by atoms with Gasteiger partial charge >= 0.3 is 0 Å². The molecule has 0 atom stereocenters. The van der Waals surface area contributed by atoms with Crippen molar-refractivity contribution < 1.29 is 4.74 Å². The van der Waals surface area contributed by atoms with E-state index in [0.29, 0.717) is 13.2 Å². The molecule has 88 valence electrons. The lowest BCUT2D eigenvalue weighted by atomic mass is 9.92. The molecule has 0 heterocycles. The van der Waals surface area contributed by atoms with Crippen LogP contribution in [0.25, 0.3) is 0 Å². The molecule has 2 N–H and O–H groups in total. The zero-order chi connectivity index (χ0) is 11.9. The van der Waals surface area contributed by atoms with Crippen LogP contribution < -0.4 is 5.73 Å². The van der Waals surface area contributed by atoms with Gasteiger partial charge < -0.3 is 10.5 Å². The van der Waals surface area contributed by atoms with Crippen LogP contribution in [0.5, 0.6) is 0 Å². The second-order valence-electron chi connectivity index (χ2n) is 4.87. The quantitative estimate of drug-likeness (QED) is 0.659. The van der Waals surface area contributed by atoms with E-state index >= 15 is 0 Å². The van der Waals surface area contributed by atoms with Gasteiger partial charge in [-0.3, -0.25) is 0 Å². The summed E-state index contributed by atoms with van der Waals surface area (Å²) in [7, 11) is 0. The molecular weight excluding hydrogens is 188 g/mol. The fourth-order valence-electron chi connectivity index (χ4n) is 1.11. The number of nitrogens with zero attached hydrogens (tertiary/aromatic N) is 1. The molecule has 0 aliphatic heterocycles. The zero-order valence-corrected chi connectivity index (χ0v) is 10.5. The van der Waals surface area contributed by atoms with E-state index in [9.17, 15) is 0 Å². The summed E-state index contributed by atoms with van der Waals surface area (Å²) in [6, 6.07) is 2.26. The first kappa shape index (κ1) is 14.4. The maximum absolute atomic E-state index is 8.82. The van der Waals surface area contributed by atoms with Gasteiger partial charge in [-0.1, -0.05) is 13.8 Å². The standard InChI is InChI=1S/C12H24N2O/c1-5-12(14,6-2)10-15-8-7-11(3,4)9-13/h5-8,10,14H2,1-4H3. The number of nitriles is 1. The molecule has 0 aromatic carbocycles. The molecular formula is C12H24N2O. The summed E-state index contributed by atoms with van der Waals surface area (Å²) in [4.78, 5) is 0. The van der Waals surface area contributed by atoms with Crippen molar-refractivity contribution in [3.05, 3.63) is 0 Å². The van der Waals surface area contributed by atoms with Crippen LogP contribution in [0.3, 0.4) is 0 Å². The van der Waals surface area contributed by atoms with Gasteiger partial charge in [-0.2, -0.15) is 5.26 Å². The molecule has 0 bridgehead atoms. The molecule has 0 amide bonds. The Balaban J connectivity index is 3.77. The third kappa shape index (κ3) is 5.76. The molecule has 0 aromatic rings. The normalized spacial score (nSPS) is 12.5. The van der Waals surface area contributed by atoms with Crippen molar-refractivity contribution in [2.75, 3.05) is 13.2 Å². The topological polar surface area (TPSA) is 59.0 Å². The highest BCUT2D eigenvalue weighted by Gasteiger charge is 2.21. The van der Waals surface area contributed by atoms with Crippen LogP contribution in [-0.2, 0) is 4.74 Å². The number of hydrogen-bond acceptors (Lipinski definition) is 3. The van der Waals surface area contributed by atoms with Gasteiger partial charge in [-0.25, -0.2) is 0 Å². The number of ether oxygens (including phenoxy) is 1. The molecule has 0 spiro atoms. The molecule has 3 nitrogen and oxygen atoms in total. The zero-order valence-electron chi connectivity index (χ0n) is 10.5. The van der Waals surface area contributed by atoms with Crippen LogP contribution in [-0.4, -0.2) is 18.8 Å². The van der Waals surface area contributed by atoms with Crippen LogP contribution in [0.2, 0.25) is 0 Å². The van der Waals surface area contributed by atoms with E-state index in [-0.39, 0.29) is 11.0 Å². The lowest BCUT2D eigenvalue weighted by molar-refractivity contribution is 0.0685. The summed E-state index contributed by atoms with van der Waals surface area (Å²) in [5.74, 6) is 0. The number of rotatable bonds is 7. The Kier molecular flexibility index (Phi) is 5.85. The Labute approximate surface area is 93.6 Å². The molecule has 0 saturated heterocycles. The minimum Gasteiger partial charge on any atom is -0.379 e. The molecule has 3 heteroatoms. The van der Waals surface area contributed by atoms with Gasteiger partial charge in [0.25, 0.3) is 0 Å². The van der Waals surface area contributed by atoms with E-state index in [4.69, 9.17) is 15.7 Å². The van der Waals surface area contributed by atoms with Crippen molar-refractivity contribution in [2.45, 2.75) is 52.5 Å². The van der Waals surface area contributed by atoms with Crippen LogP contribution in [0.1, 0.15) is 47.0 Å². The van der Waals surface area contributed by atoms with Gasteiger partial charge in [-0.15, -0.1) is 0 Å². The lowest BCUT2D eigenvalue weighted by Crippen LogP contribution is -2.43. The number of hydrogen-bond donors (Lipinski definition) is 1. The molecule has 0 rings (SSSR count). The predicted octanol–water partition coefficient (Wildman–Crippen LogP) is 2.46. The first-order valence-electron chi connectivity index (χ1n) is 5.67. The highest BCUT2D eigenvalue weighted by atomic mass is 16.5. The third-order valence-electron chi connectivity index (χ3n) is 2.97. The van der Waals surface area contributed by atoms with Crippen LogP contribution >= 0.6 is 0 Å². The smallest absolute Gasteiger partial charge is 0.0684 e. The fourth-order valence-corrected chi connectivity index (χ4v) is 1.11. The summed E-state index contributed by atoms with van der Waals surface area (Å²) in [5.41, 5.74) is 5.60. The van der Waals surface area contributed by atoms with Crippen LogP contribution in [0.4, 0.5) is 0 Å². The molecule has 0 fully saturated rings. The molecule has 0 aliphatic carbocycles. The summed E-state index contributed by atoms with van der Waals surface area (Å²) in [6.45, 7) is 9.19. The minimum absolute atomic E-state index is 0.198. The van der Waals surface area contributed by atoms with Crippen molar-refractivity contribution in [1.82, 2.24) is 0 Å². The van der Waals surface area contributed by atoms with Crippen molar-refractivity contribution in [2.24, 2.45) is 11.1 Å². The first-order chi connectivity index (χ1) is 6.89. The van der Waals surface area contributed by atoms with Crippen LogP contribution in [0, 0.1) is 16.7 Å². The molecule has 15 heavy (non-hydrogen) atoms. The SMILES string of the molecule is CCC(N)(CC)COCCC(C)(C)C#N. The van der Waals surface area contributed by atoms with Crippen molar-refractivity contribution >= 4 is 0 Å².